The number of esters is 1. The third kappa shape index (κ3) is 5.18. The molecule has 0 atom stereocenters. The highest BCUT2D eigenvalue weighted by molar-refractivity contribution is 5.89. The van der Waals surface area contributed by atoms with E-state index in [-0.39, 0.29) is 11.9 Å². The number of piperazine rings is 1. The van der Waals surface area contributed by atoms with E-state index >= 15 is 0 Å². The Kier molecular flexibility index (Phi) is 6.78. The van der Waals surface area contributed by atoms with Gasteiger partial charge in [-0.25, -0.2) is 14.8 Å². The fourth-order valence-electron chi connectivity index (χ4n) is 3.02. The van der Waals surface area contributed by atoms with E-state index in [1.807, 2.05) is 17.0 Å². The quantitative estimate of drug-likeness (QED) is 0.730. The molecule has 28 heavy (non-hydrogen) atoms. The number of benzene rings is 1. The highest BCUT2D eigenvalue weighted by atomic mass is 16.5. The molecule has 1 amide bonds. The monoisotopic (exact) mass is 383 g/mol. The van der Waals surface area contributed by atoms with Crippen molar-refractivity contribution in [1.82, 2.24) is 14.9 Å². The maximum Gasteiger partial charge on any atom is 0.338 e. The Bertz CT molecular complexity index is 774. The molecule has 1 aromatic heterocycles. The van der Waals surface area contributed by atoms with Gasteiger partial charge in [-0.2, -0.15) is 0 Å². The molecule has 8 heteroatoms. The van der Waals surface area contributed by atoms with Crippen LogP contribution in [0, 0.1) is 0 Å². The van der Waals surface area contributed by atoms with Crippen LogP contribution in [0.15, 0.2) is 42.7 Å². The van der Waals surface area contributed by atoms with Crippen molar-refractivity contribution in [1.29, 1.82) is 0 Å². The Balaban J connectivity index is 1.40. The van der Waals surface area contributed by atoms with Crippen molar-refractivity contribution in [3.8, 4) is 0 Å². The van der Waals surface area contributed by atoms with Gasteiger partial charge in [-0.3, -0.25) is 4.79 Å². The van der Waals surface area contributed by atoms with Crippen molar-refractivity contribution in [2.75, 3.05) is 49.5 Å². The van der Waals surface area contributed by atoms with Crippen molar-refractivity contribution in [2.45, 2.75) is 13.3 Å². The lowest BCUT2D eigenvalue weighted by atomic mass is 10.2. The first-order valence-corrected chi connectivity index (χ1v) is 9.48. The Morgan fingerprint density at radius 3 is 2.39 bits per heavy atom. The van der Waals surface area contributed by atoms with Gasteiger partial charge in [0, 0.05) is 57.2 Å². The SMILES string of the molecule is CCOC(=O)c1ccc(NCCC(=O)N2CCN(c3ncccn3)CC2)cc1. The number of hydrogen-bond donors (Lipinski definition) is 1. The van der Waals surface area contributed by atoms with Gasteiger partial charge < -0.3 is 19.9 Å². The van der Waals surface area contributed by atoms with Crippen LogP contribution in [0.2, 0.25) is 0 Å². The van der Waals surface area contributed by atoms with E-state index in [2.05, 4.69) is 20.2 Å². The summed E-state index contributed by atoms with van der Waals surface area (Å²) in [5.41, 5.74) is 1.38. The number of rotatable bonds is 7. The summed E-state index contributed by atoms with van der Waals surface area (Å²) in [6, 6.07) is 8.85. The first kappa shape index (κ1) is 19.6. The zero-order valence-corrected chi connectivity index (χ0v) is 16.0. The lowest BCUT2D eigenvalue weighted by Crippen LogP contribution is -2.49. The average molecular weight is 383 g/mol. The summed E-state index contributed by atoms with van der Waals surface area (Å²) in [6.07, 6.45) is 3.87. The van der Waals surface area contributed by atoms with Crippen LogP contribution in [0.25, 0.3) is 0 Å². The maximum absolute atomic E-state index is 12.4. The minimum atomic E-state index is -0.329. The van der Waals surface area contributed by atoms with Gasteiger partial charge in [0.15, 0.2) is 0 Å². The summed E-state index contributed by atoms with van der Waals surface area (Å²) < 4.78 is 4.96. The van der Waals surface area contributed by atoms with Gasteiger partial charge in [-0.1, -0.05) is 0 Å². The van der Waals surface area contributed by atoms with Crippen LogP contribution in [-0.4, -0.2) is 66.1 Å². The predicted octanol–water partition coefficient (Wildman–Crippen LogP) is 1.80. The minimum Gasteiger partial charge on any atom is -0.462 e. The normalized spacial score (nSPS) is 13.9. The first-order chi connectivity index (χ1) is 13.7. The fourth-order valence-corrected chi connectivity index (χ4v) is 3.02. The molecule has 1 aromatic carbocycles. The van der Waals surface area contributed by atoms with Gasteiger partial charge in [-0.15, -0.1) is 0 Å². The topological polar surface area (TPSA) is 87.7 Å². The minimum absolute atomic E-state index is 0.129. The molecule has 1 saturated heterocycles. The molecule has 3 rings (SSSR count). The molecular formula is C20H25N5O3. The summed E-state index contributed by atoms with van der Waals surface area (Å²) in [4.78, 5) is 36.5. The highest BCUT2D eigenvalue weighted by Gasteiger charge is 2.22. The molecule has 1 fully saturated rings. The number of anilines is 2. The number of hydrogen-bond acceptors (Lipinski definition) is 7. The lowest BCUT2D eigenvalue weighted by Gasteiger charge is -2.34. The molecule has 2 heterocycles. The molecule has 0 spiro atoms. The van der Waals surface area contributed by atoms with E-state index in [1.54, 1.807) is 37.5 Å². The van der Waals surface area contributed by atoms with Crippen LogP contribution < -0.4 is 10.2 Å². The van der Waals surface area contributed by atoms with Crippen molar-refractivity contribution in [2.24, 2.45) is 0 Å². The largest absolute Gasteiger partial charge is 0.462 e. The van der Waals surface area contributed by atoms with Crippen LogP contribution >= 0.6 is 0 Å². The zero-order chi connectivity index (χ0) is 19.8. The first-order valence-electron chi connectivity index (χ1n) is 9.48. The van der Waals surface area contributed by atoms with E-state index in [1.165, 1.54) is 0 Å². The Hall–Kier alpha value is -3.16. The highest BCUT2D eigenvalue weighted by Crippen LogP contribution is 2.12. The van der Waals surface area contributed by atoms with E-state index in [0.29, 0.717) is 44.2 Å². The van der Waals surface area contributed by atoms with E-state index in [0.717, 1.165) is 18.8 Å². The fraction of sp³-hybridized carbons (Fsp3) is 0.400. The second-order valence-electron chi connectivity index (χ2n) is 6.39. The molecule has 1 aliphatic heterocycles. The molecule has 2 aromatic rings. The molecule has 148 valence electrons. The molecule has 8 nitrogen and oxygen atoms in total. The third-order valence-corrected chi connectivity index (χ3v) is 4.53. The second kappa shape index (κ2) is 9.68. The smallest absolute Gasteiger partial charge is 0.338 e. The third-order valence-electron chi connectivity index (χ3n) is 4.53. The molecule has 0 aliphatic carbocycles. The van der Waals surface area contributed by atoms with Gasteiger partial charge in [0.25, 0.3) is 0 Å². The van der Waals surface area contributed by atoms with Crippen LogP contribution in [-0.2, 0) is 9.53 Å². The van der Waals surface area contributed by atoms with Crippen LogP contribution in [0.3, 0.4) is 0 Å². The number of amides is 1. The maximum atomic E-state index is 12.4. The van der Waals surface area contributed by atoms with Gasteiger partial charge in [0.05, 0.1) is 12.2 Å². The second-order valence-corrected chi connectivity index (χ2v) is 6.39. The summed E-state index contributed by atoms with van der Waals surface area (Å²) in [6.45, 7) is 5.49. The van der Waals surface area contributed by atoms with Crippen LogP contribution in [0.4, 0.5) is 11.6 Å². The standard InChI is InChI=1S/C20H25N5O3/c1-2-28-19(27)16-4-6-17(7-5-16)21-11-8-18(26)24-12-14-25(15-13-24)20-22-9-3-10-23-20/h3-7,9-10,21H,2,8,11-15H2,1H3. The van der Waals surface area contributed by atoms with Crippen molar-refractivity contribution in [3.63, 3.8) is 0 Å². The number of carbonyl (C=O) groups excluding carboxylic acids is 2. The summed E-state index contributed by atoms with van der Waals surface area (Å²) in [5.74, 6) is 0.510. The molecule has 1 aliphatic rings. The molecule has 0 bridgehead atoms. The van der Waals surface area contributed by atoms with E-state index in [4.69, 9.17) is 4.74 Å². The van der Waals surface area contributed by atoms with Crippen molar-refractivity contribution >= 4 is 23.5 Å². The number of nitrogens with one attached hydrogen (secondary N) is 1. The number of nitrogens with zero attached hydrogens (tertiary/aromatic N) is 4. The summed E-state index contributed by atoms with van der Waals surface area (Å²) in [5, 5.41) is 3.22. The average Bonchev–Trinajstić information content (AvgIpc) is 2.75. The van der Waals surface area contributed by atoms with Crippen LogP contribution in [0.1, 0.15) is 23.7 Å². The Morgan fingerprint density at radius 1 is 1.07 bits per heavy atom. The number of carbonyl (C=O) groups is 2. The van der Waals surface area contributed by atoms with Crippen molar-refractivity contribution < 1.29 is 14.3 Å². The zero-order valence-electron chi connectivity index (χ0n) is 16.0. The molecular weight excluding hydrogens is 358 g/mol. The van der Waals surface area contributed by atoms with E-state index < -0.39 is 0 Å². The van der Waals surface area contributed by atoms with Gasteiger partial charge in [0.1, 0.15) is 0 Å². The van der Waals surface area contributed by atoms with Gasteiger partial charge in [-0.05, 0) is 37.3 Å². The van der Waals surface area contributed by atoms with E-state index in [9.17, 15) is 9.59 Å². The van der Waals surface area contributed by atoms with Gasteiger partial charge >= 0.3 is 5.97 Å². The molecule has 0 unspecified atom stereocenters. The van der Waals surface area contributed by atoms with Crippen LogP contribution in [0.5, 0.6) is 0 Å². The number of aromatic nitrogens is 2. The van der Waals surface area contributed by atoms with Gasteiger partial charge in [0.2, 0.25) is 11.9 Å². The molecule has 0 radical (unpaired) electrons. The Morgan fingerprint density at radius 2 is 1.75 bits per heavy atom. The van der Waals surface area contributed by atoms with Crippen molar-refractivity contribution in [3.05, 3.63) is 48.3 Å². The lowest BCUT2D eigenvalue weighted by molar-refractivity contribution is -0.131. The summed E-state index contributed by atoms with van der Waals surface area (Å²) >= 11 is 0. The summed E-state index contributed by atoms with van der Waals surface area (Å²) in [7, 11) is 0. The molecule has 1 N–H and O–H groups in total. The Labute approximate surface area is 164 Å². The predicted molar refractivity (Wildman–Crippen MR) is 106 cm³/mol. The molecule has 0 saturated carbocycles. The number of ether oxygens (including phenoxy) is 1.